The predicted octanol–water partition coefficient (Wildman–Crippen LogP) is 16.8. The predicted molar refractivity (Wildman–Crippen MR) is 297 cm³/mol. The van der Waals surface area contributed by atoms with E-state index in [0.717, 1.165) is 84.3 Å². The van der Waals surface area contributed by atoms with Crippen LogP contribution in [0.15, 0.2) is 156 Å². The number of nitrogens with zero attached hydrogens (tertiary/aromatic N) is 4. The summed E-state index contributed by atoms with van der Waals surface area (Å²) >= 11 is -2.08. The molecule has 0 unspecified atom stereocenters. The molecule has 0 fully saturated rings. The van der Waals surface area contributed by atoms with Crippen molar-refractivity contribution in [3.8, 4) is 50.6 Å². The summed E-state index contributed by atoms with van der Waals surface area (Å²) in [5.41, 5.74) is 12.9. The molecule has 369 valence electrons. The summed E-state index contributed by atoms with van der Waals surface area (Å²) in [5.74, 6) is 7.24. The van der Waals surface area contributed by atoms with Crippen molar-refractivity contribution in [3.05, 3.63) is 198 Å². The molecule has 11 aromatic rings. The van der Waals surface area contributed by atoms with Crippen molar-refractivity contribution in [2.24, 2.45) is 5.92 Å². The summed E-state index contributed by atoms with van der Waals surface area (Å²) in [6.45, 7) is 10.7. The van der Waals surface area contributed by atoms with Gasteiger partial charge in [0.2, 0.25) is 5.71 Å². The van der Waals surface area contributed by atoms with Gasteiger partial charge in [0.25, 0.3) is 0 Å². The van der Waals surface area contributed by atoms with Crippen molar-refractivity contribution < 1.29 is 37.4 Å². The van der Waals surface area contributed by atoms with Gasteiger partial charge >= 0.3 is 140 Å². The molecule has 0 aliphatic heterocycles. The number of hydrogen-bond acceptors (Lipinski definition) is 4. The number of imidazole rings is 1. The van der Waals surface area contributed by atoms with Gasteiger partial charge in [-0.1, -0.05) is 98.5 Å². The van der Waals surface area contributed by atoms with Gasteiger partial charge in [-0.3, -0.25) is 4.98 Å². The molecule has 7 aromatic carbocycles. The van der Waals surface area contributed by atoms with Gasteiger partial charge in [0.1, 0.15) is 5.82 Å². The maximum absolute atomic E-state index is 14.5. The quantitative estimate of drug-likeness (QED) is 0.112. The maximum atomic E-state index is 14.5. The van der Waals surface area contributed by atoms with Crippen molar-refractivity contribution in [3.63, 3.8) is 0 Å². The molecule has 0 aliphatic carbocycles. The fourth-order valence-corrected chi connectivity index (χ4v) is 13.0. The first-order valence-electron chi connectivity index (χ1n) is 26.0. The summed E-state index contributed by atoms with van der Waals surface area (Å²) in [5, 5.41) is 3.54. The molecule has 11 rings (SSSR count). The van der Waals surface area contributed by atoms with Crippen LogP contribution in [0, 0.1) is 43.5 Å². The standard InChI is InChI=1S/C45H33FN3O.C19H25FGeN.Ir/c1-27-18-21-35-34-16-11-17-36(42(34)50-44(35)47-27)43-48-40-33-22-20-32(46)24-30(33)19-23-39(40)49(43)41-37(28-12-7-5-8-13-28)25-31(45(2,3)4)26-38(41)29-14-9-6-10-15-29;1-13(2)9-15-11-19(22-12-18(15)21(4,5)6)16-8-7-14(3)10-17(16)20;/h5-16,18-26H,1-4H3;7,10-13H,9H2,1-6H3;/q2*-1;/i;3D3;. The Morgan fingerprint density at radius 1 is 0.753 bits per heavy atom. The molecule has 0 atom stereocenters. The van der Waals surface area contributed by atoms with Crippen LogP contribution in [0.3, 0.4) is 0 Å². The number of pyridine rings is 2. The van der Waals surface area contributed by atoms with E-state index in [2.05, 4.69) is 146 Å². The van der Waals surface area contributed by atoms with Crippen molar-refractivity contribution in [1.29, 1.82) is 0 Å². The zero-order valence-electron chi connectivity index (χ0n) is 45.5. The van der Waals surface area contributed by atoms with Crippen LogP contribution >= 0.6 is 0 Å². The maximum Gasteiger partial charge on any atom is 0 e. The van der Waals surface area contributed by atoms with Crippen LogP contribution in [0.4, 0.5) is 8.78 Å². The van der Waals surface area contributed by atoms with Gasteiger partial charge in [-0.25, -0.2) is 9.37 Å². The largest absolute Gasteiger partial charge is 0 e. The molecule has 5 nitrogen and oxygen atoms in total. The van der Waals surface area contributed by atoms with Gasteiger partial charge in [-0.05, 0) is 82.9 Å². The number of rotatable bonds is 8. The van der Waals surface area contributed by atoms with Crippen LogP contribution in [-0.2, 0) is 31.9 Å². The molecular weight excluding hydrogens is 1140 g/mol. The Bertz CT molecular complexity index is 3890. The average Bonchev–Trinajstić information content (AvgIpc) is 3.94. The Kier molecular flexibility index (Phi) is 13.2. The molecule has 0 saturated heterocycles. The zero-order valence-corrected chi connectivity index (χ0v) is 47.0. The van der Waals surface area contributed by atoms with Crippen molar-refractivity contribution in [2.45, 2.75) is 77.5 Å². The Balaban J connectivity index is 0.000000230. The second-order valence-electron chi connectivity index (χ2n) is 21.2. The van der Waals surface area contributed by atoms with E-state index in [1.165, 1.54) is 27.7 Å². The molecule has 4 aromatic heterocycles. The Morgan fingerprint density at radius 3 is 2.07 bits per heavy atom. The van der Waals surface area contributed by atoms with Gasteiger partial charge in [-0.15, -0.1) is 18.2 Å². The SMILES string of the molecule is Cc1ccc2c(n1)oc1c(-c3nc4c5ccc(F)cc5ccc4n3-c3c(-c4ccccc4)cc(C(C)(C)C)cc3-c3ccccc3)[c-]ccc12.[2H]C([2H])([2H])c1c[c-]c(-c2cc(CC(C)C)[c]([Ge]([CH3])([CH3])[CH3])cn2)c(F)c1.[Ir]. The molecule has 73 heavy (non-hydrogen) atoms. The molecule has 0 amide bonds. The van der Waals surface area contributed by atoms with Gasteiger partial charge in [0.15, 0.2) is 0 Å². The van der Waals surface area contributed by atoms with Crippen LogP contribution in [0.25, 0.3) is 94.5 Å². The van der Waals surface area contributed by atoms with E-state index < -0.39 is 25.9 Å². The number of aryl methyl sites for hydroxylation is 2. The number of halogens is 2. The minimum Gasteiger partial charge on any atom is 0 e. The van der Waals surface area contributed by atoms with Crippen LogP contribution in [0.1, 0.15) is 61.1 Å². The molecule has 0 bridgehead atoms. The number of benzene rings is 7. The molecule has 4 heterocycles. The summed E-state index contributed by atoms with van der Waals surface area (Å²) in [4.78, 5) is 14.6. The molecule has 0 spiro atoms. The third kappa shape index (κ3) is 10.2. The number of fused-ring (bicyclic) bond motifs is 6. The van der Waals surface area contributed by atoms with Crippen molar-refractivity contribution in [2.75, 3.05) is 0 Å². The van der Waals surface area contributed by atoms with E-state index in [0.29, 0.717) is 28.7 Å². The van der Waals surface area contributed by atoms with Gasteiger partial charge in [-0.2, -0.15) is 0 Å². The molecule has 9 heteroatoms. The number of hydrogen-bond donors (Lipinski definition) is 0. The third-order valence-corrected chi connectivity index (χ3v) is 17.5. The number of aromatic nitrogens is 4. The van der Waals surface area contributed by atoms with Crippen LogP contribution in [-0.4, -0.2) is 32.8 Å². The fourth-order valence-electron chi connectivity index (χ4n) is 9.68. The van der Waals surface area contributed by atoms with Crippen molar-refractivity contribution in [1.82, 2.24) is 19.5 Å². The van der Waals surface area contributed by atoms with Crippen molar-refractivity contribution >= 4 is 61.5 Å². The van der Waals surface area contributed by atoms with E-state index in [-0.39, 0.29) is 42.5 Å². The molecular formula is C64H58F2GeIrN4O-2. The van der Waals surface area contributed by atoms with Gasteiger partial charge in [0.05, 0.1) is 28.1 Å². The normalized spacial score (nSPS) is 12.7. The Morgan fingerprint density at radius 2 is 1.44 bits per heavy atom. The topological polar surface area (TPSA) is 56.7 Å². The zero-order chi connectivity index (χ0) is 53.1. The van der Waals surface area contributed by atoms with E-state index >= 15 is 0 Å². The minimum atomic E-state index is -2.34. The van der Waals surface area contributed by atoms with Crippen LogP contribution in [0.2, 0.25) is 17.3 Å². The summed E-state index contributed by atoms with van der Waals surface area (Å²) in [7, 11) is 0. The minimum absolute atomic E-state index is 0. The summed E-state index contributed by atoms with van der Waals surface area (Å²) in [6.07, 6.45) is 2.81. The van der Waals surface area contributed by atoms with Gasteiger partial charge in [0, 0.05) is 47.7 Å². The smallest absolute Gasteiger partial charge is 0 e. The first-order chi connectivity index (χ1) is 35.6. The second-order valence-corrected chi connectivity index (χ2v) is 31.7. The van der Waals surface area contributed by atoms with E-state index in [1.54, 1.807) is 6.07 Å². The first-order valence-corrected chi connectivity index (χ1v) is 31.8. The van der Waals surface area contributed by atoms with E-state index in [1.807, 2.05) is 61.7 Å². The molecule has 0 aliphatic rings. The average molecular weight is 1210 g/mol. The van der Waals surface area contributed by atoms with E-state index in [4.69, 9.17) is 18.5 Å². The van der Waals surface area contributed by atoms with Gasteiger partial charge < -0.3 is 8.98 Å². The van der Waals surface area contributed by atoms with E-state index in [9.17, 15) is 8.78 Å². The fraction of sp³-hybridized carbons (Fsp3) is 0.203. The van der Waals surface area contributed by atoms with Crippen LogP contribution < -0.4 is 4.40 Å². The van der Waals surface area contributed by atoms with Crippen LogP contribution in [0.5, 0.6) is 0 Å². The second kappa shape index (κ2) is 20.4. The molecule has 0 saturated carbocycles. The molecule has 0 N–H and O–H groups in total. The monoisotopic (exact) mass is 1210 g/mol. The summed E-state index contributed by atoms with van der Waals surface area (Å²) < 4.78 is 61.3. The Hall–Kier alpha value is -6.58. The molecule has 1 radical (unpaired) electrons. The number of furan rings is 1. The summed E-state index contributed by atoms with van der Waals surface area (Å²) in [6, 6.07) is 53.3. The first kappa shape index (κ1) is 47.4. The third-order valence-electron chi connectivity index (χ3n) is 13.2. The Labute approximate surface area is 447 Å².